The maximum absolute atomic E-state index is 5.91. The Hall–Kier alpha value is -1.59. The van der Waals surface area contributed by atoms with Crippen LogP contribution in [0.2, 0.25) is 0 Å². The third-order valence-electron chi connectivity index (χ3n) is 4.38. The Morgan fingerprint density at radius 1 is 1.20 bits per heavy atom. The first kappa shape index (κ1) is 19.7. The Balaban J connectivity index is 1.79. The van der Waals surface area contributed by atoms with Crippen molar-refractivity contribution in [2.75, 3.05) is 19.6 Å². The molecule has 2 rings (SSSR count). The Morgan fingerprint density at radius 3 is 2.40 bits per heavy atom. The third-order valence-corrected chi connectivity index (χ3v) is 4.38. The number of rotatable bonds is 7. The lowest BCUT2D eigenvalue weighted by Gasteiger charge is -2.35. The molecule has 3 N–H and O–H groups in total. The van der Waals surface area contributed by atoms with Crippen LogP contribution in [0.4, 0.5) is 0 Å². The molecule has 2 atom stereocenters. The van der Waals surface area contributed by atoms with Crippen LogP contribution in [0.5, 0.6) is 0 Å². The maximum atomic E-state index is 5.91. The van der Waals surface area contributed by atoms with Crippen LogP contribution >= 0.6 is 0 Å². The first-order valence-electron chi connectivity index (χ1n) is 9.41. The number of hydrogen-bond acceptors (Lipinski definition) is 3. The third kappa shape index (κ3) is 7.45. The van der Waals surface area contributed by atoms with Gasteiger partial charge in [-0.3, -0.25) is 4.90 Å². The molecule has 140 valence electrons. The summed E-state index contributed by atoms with van der Waals surface area (Å²) in [4.78, 5) is 6.87. The second-order valence-corrected chi connectivity index (χ2v) is 7.58. The maximum Gasteiger partial charge on any atom is 0.188 e. The molecule has 2 unspecified atom stereocenters. The van der Waals surface area contributed by atoms with Crippen molar-refractivity contribution in [2.24, 2.45) is 16.6 Å². The molecule has 1 saturated heterocycles. The van der Waals surface area contributed by atoms with Gasteiger partial charge in [-0.25, -0.2) is 4.99 Å². The first-order chi connectivity index (χ1) is 11.9. The number of nitrogens with two attached hydrogens (primary N) is 1. The average Bonchev–Trinajstić information content (AvgIpc) is 2.53. The summed E-state index contributed by atoms with van der Waals surface area (Å²) in [7, 11) is 0. The molecule has 1 heterocycles. The standard InChI is InChI=1S/C20H34N4O/c1-15(2)9-10-22-20(21)23-11-18-5-7-19(8-6-18)14-24-12-16(3)25-17(4)13-24/h5-8,15-17H,9-14H2,1-4H3,(H3,21,22,23). The fourth-order valence-electron chi connectivity index (χ4n) is 3.14. The number of benzene rings is 1. The Kier molecular flexibility index (Phi) is 7.72. The van der Waals surface area contributed by atoms with E-state index >= 15 is 0 Å². The minimum atomic E-state index is 0.309. The van der Waals surface area contributed by atoms with Gasteiger partial charge < -0.3 is 15.8 Å². The molecule has 5 nitrogen and oxygen atoms in total. The van der Waals surface area contributed by atoms with Crippen molar-refractivity contribution in [1.82, 2.24) is 10.2 Å². The lowest BCUT2D eigenvalue weighted by atomic mass is 10.1. The first-order valence-corrected chi connectivity index (χ1v) is 9.41. The topological polar surface area (TPSA) is 62.9 Å². The van der Waals surface area contributed by atoms with Crippen LogP contribution in [0.25, 0.3) is 0 Å². The summed E-state index contributed by atoms with van der Waals surface area (Å²) in [6.45, 7) is 13.1. The largest absolute Gasteiger partial charge is 0.373 e. The van der Waals surface area contributed by atoms with Crippen LogP contribution in [0.1, 0.15) is 45.2 Å². The highest BCUT2D eigenvalue weighted by Gasteiger charge is 2.21. The van der Waals surface area contributed by atoms with Gasteiger partial charge in [0.15, 0.2) is 5.96 Å². The molecule has 0 aromatic heterocycles. The minimum Gasteiger partial charge on any atom is -0.373 e. The number of nitrogens with zero attached hydrogens (tertiary/aromatic N) is 2. The van der Waals surface area contributed by atoms with Gasteiger partial charge in [0, 0.05) is 26.2 Å². The predicted octanol–water partition coefficient (Wildman–Crippen LogP) is 2.75. The molecule has 0 saturated carbocycles. The van der Waals surface area contributed by atoms with Crippen molar-refractivity contribution < 1.29 is 4.74 Å². The lowest BCUT2D eigenvalue weighted by Crippen LogP contribution is -2.44. The quantitative estimate of drug-likeness (QED) is 0.589. The van der Waals surface area contributed by atoms with Crippen LogP contribution in [-0.2, 0) is 17.8 Å². The van der Waals surface area contributed by atoms with E-state index in [1.807, 2.05) is 0 Å². The smallest absolute Gasteiger partial charge is 0.188 e. The van der Waals surface area contributed by atoms with Gasteiger partial charge in [-0.1, -0.05) is 38.1 Å². The summed E-state index contributed by atoms with van der Waals surface area (Å²) >= 11 is 0. The Labute approximate surface area is 152 Å². The van der Waals surface area contributed by atoms with Gasteiger partial charge in [-0.15, -0.1) is 0 Å². The number of guanidine groups is 1. The molecule has 1 aliphatic heterocycles. The van der Waals surface area contributed by atoms with E-state index in [0.717, 1.165) is 32.6 Å². The number of hydrogen-bond donors (Lipinski definition) is 2. The second-order valence-electron chi connectivity index (χ2n) is 7.58. The SMILES string of the molecule is CC(C)CCNC(N)=NCc1ccc(CN2CC(C)OC(C)C2)cc1. The molecule has 1 fully saturated rings. The van der Waals surface area contributed by atoms with Crippen LogP contribution in [0.3, 0.4) is 0 Å². The fourth-order valence-corrected chi connectivity index (χ4v) is 3.14. The normalized spacial score (nSPS) is 22.4. The molecule has 25 heavy (non-hydrogen) atoms. The van der Waals surface area contributed by atoms with E-state index in [4.69, 9.17) is 10.5 Å². The molecule has 0 spiro atoms. The lowest BCUT2D eigenvalue weighted by molar-refractivity contribution is -0.0704. The average molecular weight is 347 g/mol. The summed E-state index contributed by atoms with van der Waals surface area (Å²) in [5.41, 5.74) is 8.42. The minimum absolute atomic E-state index is 0.309. The summed E-state index contributed by atoms with van der Waals surface area (Å²) in [6.07, 6.45) is 1.72. The van der Waals surface area contributed by atoms with Crippen molar-refractivity contribution in [1.29, 1.82) is 0 Å². The summed E-state index contributed by atoms with van der Waals surface area (Å²) < 4.78 is 5.79. The molecule has 0 bridgehead atoms. The zero-order chi connectivity index (χ0) is 18.2. The van der Waals surface area contributed by atoms with E-state index in [1.165, 1.54) is 11.1 Å². The van der Waals surface area contributed by atoms with Gasteiger partial charge in [-0.05, 0) is 37.3 Å². The molecule has 1 aromatic rings. The molecule has 1 aromatic carbocycles. The van der Waals surface area contributed by atoms with Gasteiger partial charge in [0.1, 0.15) is 0 Å². The van der Waals surface area contributed by atoms with Gasteiger partial charge >= 0.3 is 0 Å². The van der Waals surface area contributed by atoms with Crippen LogP contribution in [0.15, 0.2) is 29.3 Å². The Morgan fingerprint density at radius 2 is 1.80 bits per heavy atom. The highest BCUT2D eigenvalue weighted by molar-refractivity contribution is 5.77. The molecular weight excluding hydrogens is 312 g/mol. The molecule has 0 amide bonds. The fraction of sp³-hybridized carbons (Fsp3) is 0.650. The summed E-state index contributed by atoms with van der Waals surface area (Å²) in [5.74, 6) is 1.20. The summed E-state index contributed by atoms with van der Waals surface area (Å²) in [5, 5.41) is 3.17. The number of aliphatic imine (C=N–C) groups is 1. The highest BCUT2D eigenvalue weighted by atomic mass is 16.5. The van der Waals surface area contributed by atoms with E-state index in [0.29, 0.717) is 30.6 Å². The van der Waals surface area contributed by atoms with E-state index in [2.05, 4.69) is 67.2 Å². The van der Waals surface area contributed by atoms with Crippen LogP contribution in [0, 0.1) is 5.92 Å². The molecule has 0 radical (unpaired) electrons. The number of nitrogens with one attached hydrogen (secondary N) is 1. The van der Waals surface area contributed by atoms with Crippen molar-refractivity contribution in [3.8, 4) is 0 Å². The van der Waals surface area contributed by atoms with E-state index in [1.54, 1.807) is 0 Å². The van der Waals surface area contributed by atoms with Crippen molar-refractivity contribution in [3.63, 3.8) is 0 Å². The number of morpholine rings is 1. The number of ether oxygens (including phenoxy) is 1. The van der Waals surface area contributed by atoms with Gasteiger partial charge in [-0.2, -0.15) is 0 Å². The zero-order valence-corrected chi connectivity index (χ0v) is 16.2. The van der Waals surface area contributed by atoms with Crippen molar-refractivity contribution >= 4 is 5.96 Å². The van der Waals surface area contributed by atoms with Crippen molar-refractivity contribution in [3.05, 3.63) is 35.4 Å². The molecule has 0 aliphatic carbocycles. The summed E-state index contributed by atoms with van der Waals surface area (Å²) in [6, 6.07) is 8.68. The van der Waals surface area contributed by atoms with Crippen LogP contribution in [-0.4, -0.2) is 42.7 Å². The van der Waals surface area contributed by atoms with Gasteiger partial charge in [0.25, 0.3) is 0 Å². The Bertz CT molecular complexity index is 531. The highest BCUT2D eigenvalue weighted by Crippen LogP contribution is 2.15. The predicted molar refractivity (Wildman–Crippen MR) is 105 cm³/mol. The van der Waals surface area contributed by atoms with Crippen LogP contribution < -0.4 is 11.1 Å². The van der Waals surface area contributed by atoms with Crippen molar-refractivity contribution in [2.45, 2.75) is 59.4 Å². The molecular formula is C20H34N4O. The van der Waals surface area contributed by atoms with E-state index in [9.17, 15) is 0 Å². The monoisotopic (exact) mass is 346 g/mol. The molecule has 1 aliphatic rings. The van der Waals surface area contributed by atoms with Gasteiger partial charge in [0.05, 0.1) is 18.8 Å². The molecule has 5 heteroatoms. The van der Waals surface area contributed by atoms with E-state index in [-0.39, 0.29) is 0 Å². The second kappa shape index (κ2) is 9.78. The van der Waals surface area contributed by atoms with E-state index < -0.39 is 0 Å². The van der Waals surface area contributed by atoms with Gasteiger partial charge in [0.2, 0.25) is 0 Å². The zero-order valence-electron chi connectivity index (χ0n) is 16.2.